The zero-order valence-corrected chi connectivity index (χ0v) is 11.3. The molecule has 3 aliphatic rings. The number of nitrogens with zero attached hydrogens (tertiary/aromatic N) is 1. The van der Waals surface area contributed by atoms with Gasteiger partial charge >= 0.3 is 0 Å². The van der Waals surface area contributed by atoms with Gasteiger partial charge in [0.25, 0.3) is 0 Å². The van der Waals surface area contributed by atoms with Crippen molar-refractivity contribution in [3.8, 4) is 0 Å². The van der Waals surface area contributed by atoms with Gasteiger partial charge in [-0.2, -0.15) is 0 Å². The van der Waals surface area contributed by atoms with Crippen LogP contribution in [0.5, 0.6) is 0 Å². The Morgan fingerprint density at radius 1 is 0.684 bits per heavy atom. The smallest absolute Gasteiger partial charge is 0.209 e. The summed E-state index contributed by atoms with van der Waals surface area (Å²) < 4.78 is 2.63. The van der Waals surface area contributed by atoms with Crippen molar-refractivity contribution in [3.63, 3.8) is 0 Å². The number of piperidine rings is 1. The summed E-state index contributed by atoms with van der Waals surface area (Å²) in [5, 5.41) is 1.59. The highest BCUT2D eigenvalue weighted by atomic mass is 15.0. The molecule has 4 rings (SSSR count). The van der Waals surface area contributed by atoms with E-state index in [-0.39, 0.29) is 0 Å². The zero-order valence-electron chi connectivity index (χ0n) is 11.3. The topological polar surface area (TPSA) is 3.01 Å². The highest BCUT2D eigenvalue weighted by molar-refractivity contribution is 5.54. The van der Waals surface area contributed by atoms with Crippen molar-refractivity contribution in [1.82, 2.24) is 4.58 Å². The maximum Gasteiger partial charge on any atom is 0.209 e. The van der Waals surface area contributed by atoms with E-state index < -0.39 is 0 Å². The standard InChI is InChI=1S/C18H20N/c1-6-12-19(13-7-1)18-16(14-8-2-3-9-14)17(18)15-10-4-5-11-15/h2-5,8-11,14-15H,1,6-7,12-13H2/q+1. The summed E-state index contributed by atoms with van der Waals surface area (Å²) in [5.41, 5.74) is 3.21. The van der Waals surface area contributed by atoms with Crippen molar-refractivity contribution in [2.45, 2.75) is 31.1 Å². The fourth-order valence-corrected chi connectivity index (χ4v) is 3.59. The summed E-state index contributed by atoms with van der Waals surface area (Å²) in [6, 6.07) is 0. The molecule has 96 valence electrons. The van der Waals surface area contributed by atoms with Gasteiger partial charge in [0.1, 0.15) is 13.1 Å². The molecule has 1 aliphatic heterocycles. The van der Waals surface area contributed by atoms with Gasteiger partial charge in [-0.15, -0.1) is 0 Å². The van der Waals surface area contributed by atoms with Gasteiger partial charge in [-0.3, -0.25) is 0 Å². The largest absolute Gasteiger partial charge is 0.229 e. The van der Waals surface area contributed by atoms with Crippen LogP contribution in [0.15, 0.2) is 48.6 Å². The highest BCUT2D eigenvalue weighted by Crippen LogP contribution is 2.35. The summed E-state index contributed by atoms with van der Waals surface area (Å²) in [6.07, 6.45) is 22.2. The van der Waals surface area contributed by atoms with E-state index in [0.717, 1.165) is 0 Å². The molecule has 0 amide bonds. The molecule has 1 heteroatoms. The van der Waals surface area contributed by atoms with Crippen LogP contribution in [-0.2, 0) is 0 Å². The van der Waals surface area contributed by atoms with Gasteiger partial charge in [-0.1, -0.05) is 48.6 Å². The molecule has 0 atom stereocenters. The molecule has 1 saturated heterocycles. The lowest BCUT2D eigenvalue weighted by Gasteiger charge is -2.07. The maximum absolute atomic E-state index is 2.63. The van der Waals surface area contributed by atoms with E-state index in [4.69, 9.17) is 0 Å². The van der Waals surface area contributed by atoms with Gasteiger partial charge in [0.2, 0.25) is 5.36 Å². The number of hydrogen-bond acceptors (Lipinski definition) is 0. The Balaban J connectivity index is 1.76. The molecular formula is C18H20N+. The lowest BCUT2D eigenvalue weighted by Crippen LogP contribution is -2.31. The summed E-state index contributed by atoms with van der Waals surface area (Å²) in [6.45, 7) is 2.51. The van der Waals surface area contributed by atoms with Crippen molar-refractivity contribution < 1.29 is 0 Å². The molecule has 1 nitrogen and oxygen atoms in total. The van der Waals surface area contributed by atoms with Crippen molar-refractivity contribution in [1.29, 1.82) is 0 Å². The minimum Gasteiger partial charge on any atom is -0.229 e. The fourth-order valence-electron chi connectivity index (χ4n) is 3.59. The predicted molar refractivity (Wildman–Crippen MR) is 79.7 cm³/mol. The predicted octanol–water partition coefficient (Wildman–Crippen LogP) is 2.94. The van der Waals surface area contributed by atoms with E-state index in [1.165, 1.54) is 32.4 Å². The molecule has 2 aliphatic carbocycles. The van der Waals surface area contributed by atoms with Crippen LogP contribution in [0.1, 0.15) is 42.2 Å². The third-order valence-corrected chi connectivity index (χ3v) is 4.57. The second-order valence-electron chi connectivity index (χ2n) is 5.81. The van der Waals surface area contributed by atoms with Crippen molar-refractivity contribution in [2.24, 2.45) is 0 Å². The molecular weight excluding hydrogens is 230 g/mol. The monoisotopic (exact) mass is 250 g/mol. The number of rotatable bonds is 2. The van der Waals surface area contributed by atoms with E-state index >= 15 is 0 Å². The van der Waals surface area contributed by atoms with E-state index in [1.807, 2.05) is 0 Å². The molecule has 0 spiro atoms. The van der Waals surface area contributed by atoms with Crippen LogP contribution < -0.4 is 9.93 Å². The van der Waals surface area contributed by atoms with Gasteiger partial charge in [-0.05, 0) is 6.42 Å². The Morgan fingerprint density at radius 2 is 1.16 bits per heavy atom. The molecule has 1 fully saturated rings. The lowest BCUT2D eigenvalue weighted by atomic mass is 10.0. The van der Waals surface area contributed by atoms with Gasteiger partial charge in [0.05, 0.1) is 0 Å². The van der Waals surface area contributed by atoms with Crippen molar-refractivity contribution >= 4 is 0 Å². The summed E-state index contributed by atoms with van der Waals surface area (Å²) in [7, 11) is 0. The average Bonchev–Trinajstić information content (AvgIpc) is 2.92. The Labute approximate surface area is 114 Å². The van der Waals surface area contributed by atoms with E-state index in [9.17, 15) is 0 Å². The average molecular weight is 250 g/mol. The molecule has 1 aromatic rings. The molecule has 0 aromatic heterocycles. The minimum absolute atomic E-state index is 0.536. The second kappa shape index (κ2) is 4.48. The van der Waals surface area contributed by atoms with Crippen LogP contribution in [-0.4, -0.2) is 13.1 Å². The normalized spacial score (nSPS) is 23.5. The quantitative estimate of drug-likeness (QED) is 0.710. The molecule has 0 bridgehead atoms. The first-order valence-corrected chi connectivity index (χ1v) is 7.52. The third-order valence-electron chi connectivity index (χ3n) is 4.57. The van der Waals surface area contributed by atoms with Crippen molar-refractivity contribution in [3.05, 3.63) is 65.1 Å². The maximum atomic E-state index is 2.63. The van der Waals surface area contributed by atoms with E-state index in [0.29, 0.717) is 11.8 Å². The molecule has 0 unspecified atom stereocenters. The first kappa shape index (κ1) is 11.2. The van der Waals surface area contributed by atoms with Crippen molar-refractivity contribution in [2.75, 3.05) is 13.1 Å². The first-order valence-electron chi connectivity index (χ1n) is 7.52. The van der Waals surface area contributed by atoms with Crippen LogP contribution in [0.3, 0.4) is 0 Å². The van der Waals surface area contributed by atoms with Crippen LogP contribution in [0, 0.1) is 0 Å². The molecule has 0 radical (unpaired) electrons. The van der Waals surface area contributed by atoms with Crippen LogP contribution >= 0.6 is 0 Å². The SMILES string of the molecule is C1=CC(c2c(C3C=CC=C3)c2=[N+]2CCCCC2)C=C1. The number of allylic oxidation sites excluding steroid dienone is 8. The van der Waals surface area contributed by atoms with E-state index in [1.54, 1.807) is 16.5 Å². The Kier molecular flexibility index (Phi) is 2.65. The molecule has 1 heterocycles. The van der Waals surface area contributed by atoms with Gasteiger partial charge in [0, 0.05) is 35.8 Å². The molecule has 0 N–H and O–H groups in total. The Morgan fingerprint density at radius 3 is 1.63 bits per heavy atom. The van der Waals surface area contributed by atoms with E-state index in [2.05, 4.69) is 53.2 Å². The Bertz CT molecular complexity index is 554. The summed E-state index contributed by atoms with van der Waals surface area (Å²) in [5.74, 6) is 1.07. The molecule has 0 saturated carbocycles. The minimum atomic E-state index is 0.536. The molecule has 19 heavy (non-hydrogen) atoms. The van der Waals surface area contributed by atoms with Crippen LogP contribution in [0.4, 0.5) is 0 Å². The van der Waals surface area contributed by atoms with Gasteiger partial charge < -0.3 is 0 Å². The lowest BCUT2D eigenvalue weighted by molar-refractivity contribution is 0.454. The second-order valence-corrected chi connectivity index (χ2v) is 5.81. The summed E-state index contributed by atoms with van der Waals surface area (Å²) >= 11 is 0. The van der Waals surface area contributed by atoms with Gasteiger partial charge in [-0.25, -0.2) is 4.58 Å². The highest BCUT2D eigenvalue weighted by Gasteiger charge is 2.36. The molecule has 1 aromatic carbocycles. The van der Waals surface area contributed by atoms with Crippen LogP contribution in [0.2, 0.25) is 0 Å². The Hall–Kier alpha value is -1.63. The third kappa shape index (κ3) is 1.88. The zero-order chi connectivity index (χ0) is 12.7. The number of hydrogen-bond donors (Lipinski definition) is 0. The van der Waals surface area contributed by atoms with Gasteiger partial charge in [0.15, 0.2) is 0 Å². The first-order chi connectivity index (χ1) is 9.45. The summed E-state index contributed by atoms with van der Waals surface area (Å²) in [4.78, 5) is 0. The fraction of sp³-hybridized carbons (Fsp3) is 0.389. The van der Waals surface area contributed by atoms with Crippen LogP contribution in [0.25, 0.3) is 0 Å².